The Morgan fingerprint density at radius 3 is 2.33 bits per heavy atom. The Kier molecular flexibility index (Phi) is 9.23. The van der Waals surface area contributed by atoms with Gasteiger partial charge < -0.3 is 19.8 Å². The minimum Gasteiger partial charge on any atom is -0.469 e. The summed E-state index contributed by atoms with van der Waals surface area (Å²) in [6.45, 7) is 5.28. The first-order valence-corrected chi connectivity index (χ1v) is 12.4. The normalized spacial score (nSPS) is 12.0. The molecule has 0 fully saturated rings. The highest BCUT2D eigenvalue weighted by Gasteiger charge is 2.24. The monoisotopic (exact) mass is 539 g/mol. The number of carbonyl (C=O) groups excluding carboxylic acids is 4. The van der Waals surface area contributed by atoms with Crippen LogP contribution in [0.25, 0.3) is 11.0 Å². The standard InChI is InChI=1S/C27H33N5O7/c1-27(2,3)25(37)32-26-30-21-20(23(35)31-26)17(14-28-21)11-8-15-6-9-16(10-7-15)22(34)29-18(24(36)39-5)12-13-19(33)38-4/h6-7,9-10,14,18H,8,11-13H2,1-5H3,(H,29,34)(H3,28,30,31,32,35,37). The maximum absolute atomic E-state index is 12.7. The summed E-state index contributed by atoms with van der Waals surface area (Å²) in [7, 11) is 2.45. The number of ether oxygens (including phenoxy) is 2. The number of rotatable bonds is 10. The van der Waals surface area contributed by atoms with Crippen LogP contribution in [0.15, 0.2) is 35.3 Å². The summed E-state index contributed by atoms with van der Waals surface area (Å²) in [6.07, 6.45) is 2.83. The molecule has 0 saturated carbocycles. The van der Waals surface area contributed by atoms with Gasteiger partial charge in [0, 0.05) is 23.6 Å². The van der Waals surface area contributed by atoms with Crippen LogP contribution in [0.1, 0.15) is 55.1 Å². The molecule has 12 heteroatoms. The zero-order valence-corrected chi connectivity index (χ0v) is 22.6. The predicted octanol–water partition coefficient (Wildman–Crippen LogP) is 2.25. The van der Waals surface area contributed by atoms with E-state index < -0.39 is 29.3 Å². The highest BCUT2D eigenvalue weighted by molar-refractivity contribution is 5.97. The minimum atomic E-state index is -0.989. The summed E-state index contributed by atoms with van der Waals surface area (Å²) < 4.78 is 9.30. The van der Waals surface area contributed by atoms with E-state index in [1.54, 1.807) is 51.2 Å². The number of carbonyl (C=O) groups is 4. The summed E-state index contributed by atoms with van der Waals surface area (Å²) in [5.41, 5.74) is 1.40. The summed E-state index contributed by atoms with van der Waals surface area (Å²) in [5.74, 6) is -1.82. The van der Waals surface area contributed by atoms with Crippen molar-refractivity contribution < 1.29 is 28.7 Å². The molecule has 1 aromatic carbocycles. The van der Waals surface area contributed by atoms with E-state index in [2.05, 4.69) is 30.3 Å². The van der Waals surface area contributed by atoms with Crippen molar-refractivity contribution >= 4 is 40.7 Å². The number of aromatic amines is 2. The van der Waals surface area contributed by atoms with Crippen LogP contribution in [-0.4, -0.2) is 59.0 Å². The summed E-state index contributed by atoms with van der Waals surface area (Å²) >= 11 is 0. The number of aromatic nitrogens is 3. The van der Waals surface area contributed by atoms with E-state index in [-0.39, 0.29) is 30.3 Å². The van der Waals surface area contributed by atoms with Crippen molar-refractivity contribution in [3.8, 4) is 0 Å². The van der Waals surface area contributed by atoms with Gasteiger partial charge in [-0.25, -0.2) is 4.79 Å². The zero-order chi connectivity index (χ0) is 28.7. The van der Waals surface area contributed by atoms with Crippen molar-refractivity contribution in [2.45, 2.75) is 52.5 Å². The highest BCUT2D eigenvalue weighted by atomic mass is 16.5. The molecule has 3 rings (SSSR count). The maximum Gasteiger partial charge on any atom is 0.328 e. The number of hydrogen-bond acceptors (Lipinski definition) is 8. The minimum absolute atomic E-state index is 0.0471. The number of benzene rings is 1. The molecule has 1 atom stereocenters. The second kappa shape index (κ2) is 12.4. The third kappa shape index (κ3) is 7.53. The fourth-order valence-electron chi connectivity index (χ4n) is 3.75. The second-order valence-corrected chi connectivity index (χ2v) is 10.0. The van der Waals surface area contributed by atoms with Gasteiger partial charge in [-0.3, -0.25) is 29.5 Å². The SMILES string of the molecule is COC(=O)CCC(NC(=O)c1ccc(CCc2c[nH]c3nc(NC(=O)C(C)(C)C)[nH]c(=O)c23)cc1)C(=O)OC. The first-order valence-electron chi connectivity index (χ1n) is 12.4. The highest BCUT2D eigenvalue weighted by Crippen LogP contribution is 2.19. The second-order valence-electron chi connectivity index (χ2n) is 10.0. The van der Waals surface area contributed by atoms with Gasteiger partial charge in [0.15, 0.2) is 0 Å². The van der Waals surface area contributed by atoms with E-state index in [0.717, 1.165) is 11.1 Å². The smallest absolute Gasteiger partial charge is 0.328 e. The number of amides is 2. The lowest BCUT2D eigenvalue weighted by atomic mass is 9.96. The van der Waals surface area contributed by atoms with Crippen molar-refractivity contribution in [3.63, 3.8) is 0 Å². The van der Waals surface area contributed by atoms with Gasteiger partial charge in [-0.2, -0.15) is 4.98 Å². The molecule has 4 N–H and O–H groups in total. The molecule has 2 heterocycles. The summed E-state index contributed by atoms with van der Waals surface area (Å²) in [6, 6.07) is 5.85. The Hall–Kier alpha value is -4.48. The lowest BCUT2D eigenvalue weighted by Crippen LogP contribution is -2.41. The quantitative estimate of drug-likeness (QED) is 0.284. The fourth-order valence-corrected chi connectivity index (χ4v) is 3.75. The Labute approximate surface area is 224 Å². The van der Waals surface area contributed by atoms with Crippen LogP contribution in [0.3, 0.4) is 0 Å². The van der Waals surface area contributed by atoms with Crippen molar-refractivity contribution in [3.05, 3.63) is 57.5 Å². The Morgan fingerprint density at radius 1 is 1.03 bits per heavy atom. The van der Waals surface area contributed by atoms with E-state index in [4.69, 9.17) is 4.74 Å². The van der Waals surface area contributed by atoms with Gasteiger partial charge in [-0.1, -0.05) is 32.9 Å². The number of fused-ring (bicyclic) bond motifs is 1. The van der Waals surface area contributed by atoms with E-state index >= 15 is 0 Å². The first kappa shape index (κ1) is 29.1. The Morgan fingerprint density at radius 2 is 1.72 bits per heavy atom. The number of aryl methyl sites for hydroxylation is 2. The van der Waals surface area contributed by atoms with Gasteiger partial charge in [0.1, 0.15) is 11.7 Å². The van der Waals surface area contributed by atoms with Gasteiger partial charge in [0.2, 0.25) is 11.9 Å². The van der Waals surface area contributed by atoms with Crippen LogP contribution in [0, 0.1) is 5.41 Å². The summed E-state index contributed by atoms with van der Waals surface area (Å²) in [5, 5.41) is 5.64. The fraction of sp³-hybridized carbons (Fsp3) is 0.407. The van der Waals surface area contributed by atoms with Crippen LogP contribution in [-0.2, 0) is 36.7 Å². The molecule has 0 aliphatic carbocycles. The van der Waals surface area contributed by atoms with E-state index in [9.17, 15) is 24.0 Å². The molecule has 39 heavy (non-hydrogen) atoms. The van der Waals surface area contributed by atoms with Crippen LogP contribution >= 0.6 is 0 Å². The van der Waals surface area contributed by atoms with Crippen LogP contribution < -0.4 is 16.2 Å². The predicted molar refractivity (Wildman–Crippen MR) is 143 cm³/mol. The zero-order valence-electron chi connectivity index (χ0n) is 22.6. The van der Waals surface area contributed by atoms with Gasteiger partial charge in [-0.15, -0.1) is 0 Å². The molecule has 12 nitrogen and oxygen atoms in total. The molecular weight excluding hydrogens is 506 g/mol. The van der Waals surface area contributed by atoms with Crippen molar-refractivity contribution in [1.82, 2.24) is 20.3 Å². The Balaban J connectivity index is 1.65. The number of nitrogens with one attached hydrogen (secondary N) is 4. The maximum atomic E-state index is 12.7. The molecule has 0 spiro atoms. The van der Waals surface area contributed by atoms with Crippen molar-refractivity contribution in [2.75, 3.05) is 19.5 Å². The number of hydrogen-bond donors (Lipinski definition) is 4. The molecule has 2 amide bonds. The van der Waals surface area contributed by atoms with E-state index in [1.807, 2.05) is 0 Å². The molecule has 208 valence electrons. The molecule has 0 radical (unpaired) electrons. The van der Waals surface area contributed by atoms with Gasteiger partial charge >= 0.3 is 11.9 Å². The lowest BCUT2D eigenvalue weighted by molar-refractivity contribution is -0.144. The number of esters is 2. The van der Waals surface area contributed by atoms with Crippen LogP contribution in [0.5, 0.6) is 0 Å². The average molecular weight is 540 g/mol. The molecule has 1 unspecified atom stereocenters. The number of anilines is 1. The topological polar surface area (TPSA) is 172 Å². The summed E-state index contributed by atoms with van der Waals surface area (Å²) in [4.78, 5) is 71.0. The third-order valence-electron chi connectivity index (χ3n) is 6.09. The Bertz CT molecular complexity index is 1420. The van der Waals surface area contributed by atoms with E-state index in [0.29, 0.717) is 29.4 Å². The number of H-pyrrole nitrogens is 2. The van der Waals surface area contributed by atoms with Crippen molar-refractivity contribution in [2.24, 2.45) is 5.41 Å². The molecule has 0 bridgehead atoms. The van der Waals surface area contributed by atoms with Gasteiger partial charge in [0.25, 0.3) is 11.5 Å². The van der Waals surface area contributed by atoms with Gasteiger partial charge in [0.05, 0.1) is 19.6 Å². The van der Waals surface area contributed by atoms with Crippen LogP contribution in [0.4, 0.5) is 5.95 Å². The molecule has 0 aliphatic rings. The molecule has 2 aromatic heterocycles. The largest absolute Gasteiger partial charge is 0.469 e. The average Bonchev–Trinajstić information content (AvgIpc) is 3.32. The van der Waals surface area contributed by atoms with Crippen molar-refractivity contribution in [1.29, 1.82) is 0 Å². The molecule has 3 aromatic rings. The van der Waals surface area contributed by atoms with Gasteiger partial charge in [-0.05, 0) is 42.5 Å². The number of nitrogens with zero attached hydrogens (tertiary/aromatic N) is 1. The van der Waals surface area contributed by atoms with Crippen LogP contribution in [0.2, 0.25) is 0 Å². The molecule has 0 saturated heterocycles. The number of methoxy groups -OCH3 is 2. The lowest BCUT2D eigenvalue weighted by Gasteiger charge is -2.16. The van der Waals surface area contributed by atoms with E-state index in [1.165, 1.54) is 14.2 Å². The molecule has 0 aliphatic heterocycles. The third-order valence-corrected chi connectivity index (χ3v) is 6.09. The molecular formula is C27H33N5O7. The first-order chi connectivity index (χ1) is 18.4.